The second kappa shape index (κ2) is 13.1. The minimum atomic E-state index is -0.741. The normalized spacial score (nSPS) is 11.6. The molecule has 0 fully saturated rings. The van der Waals surface area contributed by atoms with E-state index in [9.17, 15) is 4.79 Å². The molecule has 0 aliphatic rings. The van der Waals surface area contributed by atoms with E-state index in [-0.39, 0.29) is 12.6 Å². The van der Waals surface area contributed by atoms with Crippen LogP contribution in [0.3, 0.4) is 0 Å². The third kappa shape index (κ3) is 14.1. The lowest BCUT2D eigenvalue weighted by atomic mass is 10.1. The van der Waals surface area contributed by atoms with Crippen LogP contribution in [-0.4, -0.2) is 23.3 Å². The number of carbonyl (C=O) groups excluding carboxylic acids is 1. The summed E-state index contributed by atoms with van der Waals surface area (Å²) in [5.41, 5.74) is -0.741. The molecule has 126 valence electrons. The first-order valence-corrected chi connectivity index (χ1v) is 8.84. The van der Waals surface area contributed by atoms with Crippen LogP contribution in [-0.2, 0) is 9.53 Å². The zero-order valence-electron chi connectivity index (χ0n) is 14.5. The molecule has 0 spiro atoms. The highest BCUT2D eigenvalue weighted by atomic mass is 16.6. The Bertz CT molecular complexity index is 249. The molecule has 0 rings (SSSR count). The predicted octanol–water partition coefficient (Wildman–Crippen LogP) is 5.00. The van der Waals surface area contributed by atoms with Crippen molar-refractivity contribution in [3.8, 4) is 0 Å². The Morgan fingerprint density at radius 1 is 0.857 bits per heavy atom. The monoisotopic (exact) mass is 300 g/mol. The summed E-state index contributed by atoms with van der Waals surface area (Å²) in [4.78, 5) is 11.5. The van der Waals surface area contributed by atoms with E-state index in [0.717, 1.165) is 12.8 Å². The summed E-state index contributed by atoms with van der Waals surface area (Å²) < 4.78 is 5.19. The summed E-state index contributed by atoms with van der Waals surface area (Å²) in [6.45, 7) is 5.58. The van der Waals surface area contributed by atoms with E-state index in [1.54, 1.807) is 13.8 Å². The highest BCUT2D eigenvalue weighted by Gasteiger charge is 2.20. The molecule has 0 aromatic carbocycles. The fraction of sp³-hybridized carbons (Fsp3) is 0.944. The number of esters is 1. The molecule has 0 bridgehead atoms. The van der Waals surface area contributed by atoms with E-state index in [4.69, 9.17) is 9.84 Å². The zero-order valence-corrected chi connectivity index (χ0v) is 14.5. The summed E-state index contributed by atoms with van der Waals surface area (Å²) in [7, 11) is 0. The van der Waals surface area contributed by atoms with E-state index < -0.39 is 5.60 Å². The molecule has 0 unspecified atom stereocenters. The van der Waals surface area contributed by atoms with Crippen molar-refractivity contribution in [3.63, 3.8) is 0 Å². The fourth-order valence-electron chi connectivity index (χ4n) is 2.33. The SMILES string of the molecule is CCCCCCCCCCCCCC(=O)OC(C)(C)CO. The Hall–Kier alpha value is -0.570. The maximum Gasteiger partial charge on any atom is 0.306 e. The van der Waals surface area contributed by atoms with Gasteiger partial charge in [-0.3, -0.25) is 4.79 Å². The topological polar surface area (TPSA) is 46.5 Å². The van der Waals surface area contributed by atoms with Crippen LogP contribution in [0.1, 0.15) is 97.8 Å². The van der Waals surface area contributed by atoms with Crippen molar-refractivity contribution in [2.24, 2.45) is 0 Å². The zero-order chi connectivity index (χ0) is 16.0. The van der Waals surface area contributed by atoms with Crippen molar-refractivity contribution >= 4 is 5.97 Å². The molecule has 0 amide bonds. The molecule has 0 saturated carbocycles. The second-order valence-electron chi connectivity index (χ2n) is 6.68. The number of carbonyl (C=O) groups is 1. The largest absolute Gasteiger partial charge is 0.457 e. The first-order chi connectivity index (χ1) is 10.0. The van der Waals surface area contributed by atoms with Gasteiger partial charge < -0.3 is 9.84 Å². The Morgan fingerprint density at radius 3 is 1.71 bits per heavy atom. The maximum absolute atomic E-state index is 11.5. The van der Waals surface area contributed by atoms with Gasteiger partial charge in [-0.25, -0.2) is 0 Å². The fourth-order valence-corrected chi connectivity index (χ4v) is 2.33. The van der Waals surface area contributed by atoms with Gasteiger partial charge in [0.1, 0.15) is 5.60 Å². The van der Waals surface area contributed by atoms with E-state index in [1.165, 1.54) is 57.8 Å². The third-order valence-corrected chi connectivity index (χ3v) is 3.76. The first-order valence-electron chi connectivity index (χ1n) is 8.84. The molecule has 1 N–H and O–H groups in total. The smallest absolute Gasteiger partial charge is 0.306 e. The van der Waals surface area contributed by atoms with Crippen LogP contribution in [0.5, 0.6) is 0 Å². The van der Waals surface area contributed by atoms with Crippen molar-refractivity contribution in [2.75, 3.05) is 6.61 Å². The number of hydrogen-bond acceptors (Lipinski definition) is 3. The molecule has 0 saturated heterocycles. The van der Waals surface area contributed by atoms with Gasteiger partial charge in [-0.2, -0.15) is 0 Å². The van der Waals surface area contributed by atoms with Crippen molar-refractivity contribution in [2.45, 2.75) is 103 Å². The molecule has 0 aromatic rings. The summed E-state index contributed by atoms with van der Waals surface area (Å²) in [5, 5.41) is 9.03. The van der Waals surface area contributed by atoms with Gasteiger partial charge in [-0.15, -0.1) is 0 Å². The van der Waals surface area contributed by atoms with Crippen LogP contribution in [0.25, 0.3) is 0 Å². The van der Waals surface area contributed by atoms with Gasteiger partial charge in [-0.1, -0.05) is 71.1 Å². The van der Waals surface area contributed by atoms with Crippen LogP contribution in [0, 0.1) is 0 Å². The molecule has 0 atom stereocenters. The maximum atomic E-state index is 11.5. The third-order valence-electron chi connectivity index (χ3n) is 3.76. The molecule has 0 aliphatic heterocycles. The van der Waals surface area contributed by atoms with Gasteiger partial charge in [0.15, 0.2) is 0 Å². The minimum Gasteiger partial charge on any atom is -0.457 e. The Balaban J connectivity index is 3.27. The van der Waals surface area contributed by atoms with Crippen molar-refractivity contribution in [3.05, 3.63) is 0 Å². The number of aliphatic hydroxyl groups excluding tert-OH is 1. The standard InChI is InChI=1S/C18H36O3/c1-4-5-6-7-8-9-10-11-12-13-14-15-17(20)21-18(2,3)16-19/h19H,4-16H2,1-3H3. The van der Waals surface area contributed by atoms with Crippen molar-refractivity contribution in [1.29, 1.82) is 0 Å². The molecule has 21 heavy (non-hydrogen) atoms. The number of rotatable bonds is 14. The van der Waals surface area contributed by atoms with Gasteiger partial charge in [0.2, 0.25) is 0 Å². The minimum absolute atomic E-state index is 0.128. The van der Waals surface area contributed by atoms with Gasteiger partial charge in [0.05, 0.1) is 6.61 Å². The number of hydrogen-bond donors (Lipinski definition) is 1. The quantitative estimate of drug-likeness (QED) is 0.362. The first kappa shape index (κ1) is 20.4. The van der Waals surface area contributed by atoms with Gasteiger partial charge in [0, 0.05) is 6.42 Å². The lowest BCUT2D eigenvalue weighted by molar-refractivity contribution is -0.160. The van der Waals surface area contributed by atoms with E-state index in [1.807, 2.05) is 0 Å². The van der Waals surface area contributed by atoms with Crippen LogP contribution in [0.4, 0.5) is 0 Å². The molecule has 0 aliphatic carbocycles. The molecule has 0 heterocycles. The average Bonchev–Trinajstić information content (AvgIpc) is 2.44. The molecular weight excluding hydrogens is 264 g/mol. The Morgan fingerprint density at radius 2 is 1.29 bits per heavy atom. The number of aliphatic hydroxyl groups is 1. The molecule has 0 aromatic heterocycles. The summed E-state index contributed by atoms with van der Waals surface area (Å²) in [5.74, 6) is -0.190. The summed E-state index contributed by atoms with van der Waals surface area (Å²) in [6.07, 6.45) is 14.5. The lowest BCUT2D eigenvalue weighted by Gasteiger charge is -2.22. The summed E-state index contributed by atoms with van der Waals surface area (Å²) >= 11 is 0. The van der Waals surface area contributed by atoms with Crippen LogP contribution in [0.15, 0.2) is 0 Å². The van der Waals surface area contributed by atoms with Crippen molar-refractivity contribution < 1.29 is 14.6 Å². The van der Waals surface area contributed by atoms with Gasteiger partial charge in [-0.05, 0) is 20.3 Å². The van der Waals surface area contributed by atoms with E-state index in [0.29, 0.717) is 6.42 Å². The van der Waals surface area contributed by atoms with Crippen LogP contribution >= 0.6 is 0 Å². The van der Waals surface area contributed by atoms with E-state index >= 15 is 0 Å². The molecule has 0 radical (unpaired) electrons. The number of unbranched alkanes of at least 4 members (excludes halogenated alkanes) is 10. The van der Waals surface area contributed by atoms with Gasteiger partial charge in [0.25, 0.3) is 0 Å². The van der Waals surface area contributed by atoms with Crippen LogP contribution < -0.4 is 0 Å². The lowest BCUT2D eigenvalue weighted by Crippen LogP contribution is -2.31. The summed E-state index contributed by atoms with van der Waals surface area (Å²) in [6, 6.07) is 0. The Labute approximate surface area is 131 Å². The predicted molar refractivity (Wildman–Crippen MR) is 88.3 cm³/mol. The molecule has 3 heteroatoms. The second-order valence-corrected chi connectivity index (χ2v) is 6.68. The highest BCUT2D eigenvalue weighted by Crippen LogP contribution is 2.14. The molecule has 3 nitrogen and oxygen atoms in total. The molecular formula is C18H36O3. The average molecular weight is 300 g/mol. The highest BCUT2D eigenvalue weighted by molar-refractivity contribution is 5.69. The van der Waals surface area contributed by atoms with Gasteiger partial charge >= 0.3 is 5.97 Å². The number of ether oxygens (including phenoxy) is 1. The Kier molecular flexibility index (Phi) is 12.8. The van der Waals surface area contributed by atoms with Crippen molar-refractivity contribution in [1.82, 2.24) is 0 Å². The van der Waals surface area contributed by atoms with Crippen LogP contribution in [0.2, 0.25) is 0 Å². The van der Waals surface area contributed by atoms with E-state index in [2.05, 4.69) is 6.92 Å².